The highest BCUT2D eigenvalue weighted by Crippen LogP contribution is 2.60. The van der Waals surface area contributed by atoms with E-state index in [1.54, 1.807) is 22.3 Å². The van der Waals surface area contributed by atoms with Gasteiger partial charge in [0.05, 0.1) is 12.2 Å². The molecule has 6 aliphatic heterocycles. The molecule has 0 amide bonds. The Labute approximate surface area is 242 Å². The highest BCUT2D eigenvalue weighted by Gasteiger charge is 2.38. The molecule has 3 aromatic rings. The molecule has 0 radical (unpaired) electrons. The van der Waals surface area contributed by atoms with Crippen molar-refractivity contribution in [2.24, 2.45) is 0 Å². The van der Waals surface area contributed by atoms with Crippen LogP contribution in [0, 0.1) is 0 Å². The number of thioether (sulfide) groups is 1. The lowest BCUT2D eigenvalue weighted by molar-refractivity contribution is 0.0716. The van der Waals surface area contributed by atoms with Crippen LogP contribution in [0.25, 0.3) is 0 Å². The van der Waals surface area contributed by atoms with E-state index < -0.39 is 0 Å². The second-order valence-electron chi connectivity index (χ2n) is 10.1. The third-order valence-electron chi connectivity index (χ3n) is 8.31. The first-order valence-electron chi connectivity index (χ1n) is 15.7. The van der Waals surface area contributed by atoms with Gasteiger partial charge in [0.25, 0.3) is 0 Å². The first-order chi connectivity index (χ1) is 19.3. The van der Waals surface area contributed by atoms with Crippen molar-refractivity contribution in [3.05, 3.63) is 106 Å². The van der Waals surface area contributed by atoms with Gasteiger partial charge in [-0.25, -0.2) is 0 Å². The van der Waals surface area contributed by atoms with E-state index in [0.717, 1.165) is 10.5 Å². The second kappa shape index (κ2) is 14.5. The summed E-state index contributed by atoms with van der Waals surface area (Å²) >= 11 is 2.16. The summed E-state index contributed by atoms with van der Waals surface area (Å²) in [6, 6.07) is 27.7. The number of fused-ring (bicyclic) bond motifs is 15. The normalized spacial score (nSPS) is 27.8. The Morgan fingerprint density at radius 3 is 1.26 bits per heavy atom. The molecule has 6 heterocycles. The molecule has 6 bridgehead atoms. The van der Waals surface area contributed by atoms with Crippen molar-refractivity contribution in [1.82, 2.24) is 5.32 Å². The van der Waals surface area contributed by atoms with Gasteiger partial charge in [0, 0.05) is 22.6 Å². The molecule has 9 rings (SSSR count). The van der Waals surface area contributed by atoms with Gasteiger partial charge in [0.15, 0.2) is 0 Å². The van der Waals surface area contributed by atoms with Gasteiger partial charge in [0.2, 0.25) is 0 Å². The monoisotopic (exact) mass is 543 g/mol. The number of rotatable bonds is 0. The fraction of sp³-hybridized carbons (Fsp3) is 0.500. The van der Waals surface area contributed by atoms with Gasteiger partial charge < -0.3 is 10.1 Å². The Morgan fingerprint density at radius 2 is 0.846 bits per heavy atom. The van der Waals surface area contributed by atoms with Crippen molar-refractivity contribution in [3.8, 4) is 0 Å². The van der Waals surface area contributed by atoms with Crippen LogP contribution in [0.5, 0.6) is 0 Å². The molecule has 3 heteroatoms. The van der Waals surface area contributed by atoms with E-state index in [2.05, 4.69) is 89.9 Å². The molecule has 6 aliphatic rings. The van der Waals surface area contributed by atoms with Gasteiger partial charge in [-0.3, -0.25) is 0 Å². The second-order valence-corrected chi connectivity index (χ2v) is 11.5. The van der Waals surface area contributed by atoms with Gasteiger partial charge >= 0.3 is 0 Å². The molecule has 6 unspecified atom stereocenters. The molecule has 0 aliphatic carbocycles. The van der Waals surface area contributed by atoms with Gasteiger partial charge in [0.1, 0.15) is 0 Å². The van der Waals surface area contributed by atoms with E-state index in [0.29, 0.717) is 24.3 Å². The van der Waals surface area contributed by atoms with E-state index >= 15 is 0 Å². The summed E-state index contributed by atoms with van der Waals surface area (Å²) in [7, 11) is 0. The lowest BCUT2D eigenvalue weighted by Gasteiger charge is -2.11. The quantitative estimate of drug-likeness (QED) is 0.305. The average molecular weight is 544 g/mol. The van der Waals surface area contributed by atoms with Gasteiger partial charge in [-0.15, -0.1) is 11.8 Å². The van der Waals surface area contributed by atoms with Crippen LogP contribution >= 0.6 is 11.8 Å². The number of hydrogen-bond donors (Lipinski definition) is 1. The summed E-state index contributed by atoms with van der Waals surface area (Å²) in [4.78, 5) is 0. The average Bonchev–Trinajstić information content (AvgIpc) is 3.90. The van der Waals surface area contributed by atoms with Crippen molar-refractivity contribution in [2.45, 2.75) is 115 Å². The van der Waals surface area contributed by atoms with Crippen LogP contribution in [0.4, 0.5) is 0 Å². The van der Waals surface area contributed by atoms with Gasteiger partial charge in [-0.05, 0) is 71.9 Å². The number of hydrogen-bond acceptors (Lipinski definition) is 3. The predicted octanol–water partition coefficient (Wildman–Crippen LogP) is 11.1. The van der Waals surface area contributed by atoms with Crippen LogP contribution < -0.4 is 5.32 Å². The number of nitrogens with one attached hydrogen (secondary N) is 1. The fourth-order valence-corrected chi connectivity index (χ4v) is 8.43. The van der Waals surface area contributed by atoms with Crippen molar-refractivity contribution >= 4 is 11.8 Å². The van der Waals surface area contributed by atoms with E-state index in [1.807, 2.05) is 41.5 Å². The van der Waals surface area contributed by atoms with Gasteiger partial charge in [-0.2, -0.15) is 0 Å². The SMILES string of the molecule is CC.CC.CC.c1ccc2c(c1)C1CCC2N1.c1ccc2c(c1)C1CCC2O1.c1ccc2c(c1)C1CCC2S1. The fourth-order valence-electron chi connectivity index (χ4n) is 6.76. The Bertz CT molecular complexity index is 943. The molecule has 39 heavy (non-hydrogen) atoms. The molecule has 3 saturated heterocycles. The highest BCUT2D eigenvalue weighted by molar-refractivity contribution is 8.00. The minimum absolute atomic E-state index is 0.427. The van der Waals surface area contributed by atoms with Crippen LogP contribution in [0.15, 0.2) is 72.8 Å². The predicted molar refractivity (Wildman–Crippen MR) is 169 cm³/mol. The van der Waals surface area contributed by atoms with E-state index in [1.165, 1.54) is 49.7 Å². The molecular weight excluding hydrogens is 494 g/mol. The molecule has 2 nitrogen and oxygen atoms in total. The third-order valence-corrected chi connectivity index (χ3v) is 9.95. The molecule has 0 saturated carbocycles. The summed E-state index contributed by atoms with van der Waals surface area (Å²) in [5.41, 5.74) is 9.20. The Kier molecular flexibility index (Phi) is 11.1. The molecule has 0 aromatic heterocycles. The Morgan fingerprint density at radius 1 is 0.487 bits per heavy atom. The zero-order chi connectivity index (χ0) is 27.8. The van der Waals surface area contributed by atoms with Crippen LogP contribution in [0.3, 0.4) is 0 Å². The van der Waals surface area contributed by atoms with Crippen molar-refractivity contribution in [1.29, 1.82) is 0 Å². The van der Waals surface area contributed by atoms with Crippen molar-refractivity contribution < 1.29 is 4.74 Å². The summed E-state index contributed by atoms with van der Waals surface area (Å²) in [6.07, 6.45) is 8.79. The molecule has 0 spiro atoms. The molecule has 3 aromatic carbocycles. The van der Waals surface area contributed by atoms with Crippen LogP contribution in [-0.2, 0) is 4.74 Å². The minimum Gasteiger partial charge on any atom is -0.366 e. The van der Waals surface area contributed by atoms with Crippen molar-refractivity contribution in [2.75, 3.05) is 0 Å². The number of benzene rings is 3. The van der Waals surface area contributed by atoms with E-state index in [4.69, 9.17) is 4.74 Å². The van der Waals surface area contributed by atoms with E-state index in [9.17, 15) is 0 Å². The smallest absolute Gasteiger partial charge is 0.0838 e. The first kappa shape index (κ1) is 29.9. The third kappa shape index (κ3) is 6.16. The largest absolute Gasteiger partial charge is 0.366 e. The van der Waals surface area contributed by atoms with Crippen molar-refractivity contribution in [3.63, 3.8) is 0 Å². The van der Waals surface area contributed by atoms with Crippen LogP contribution in [0.1, 0.15) is 148 Å². The minimum atomic E-state index is 0.427. The van der Waals surface area contributed by atoms with Gasteiger partial charge in [-0.1, -0.05) is 114 Å². The molecule has 210 valence electrons. The lowest BCUT2D eigenvalue weighted by Crippen LogP contribution is -2.05. The maximum atomic E-state index is 5.74. The van der Waals surface area contributed by atoms with Crippen LogP contribution in [-0.4, -0.2) is 0 Å². The molecule has 1 N–H and O–H groups in total. The zero-order valence-electron chi connectivity index (χ0n) is 25.0. The maximum absolute atomic E-state index is 5.74. The topological polar surface area (TPSA) is 21.3 Å². The Balaban J connectivity index is 0.000000124. The molecule has 6 atom stereocenters. The zero-order valence-corrected chi connectivity index (χ0v) is 25.8. The Hall–Kier alpha value is -2.07. The summed E-state index contributed by atoms with van der Waals surface area (Å²) < 4.78 is 5.74. The number of ether oxygens (including phenoxy) is 1. The summed E-state index contributed by atoms with van der Waals surface area (Å²) in [5, 5.41) is 5.28. The maximum Gasteiger partial charge on any atom is 0.0838 e. The summed E-state index contributed by atoms with van der Waals surface area (Å²) in [5.74, 6) is 0. The lowest BCUT2D eigenvalue weighted by atomic mass is 9.92. The summed E-state index contributed by atoms with van der Waals surface area (Å²) in [6.45, 7) is 12.0. The standard InChI is InChI=1S/C10H11N.C10H10O.C10H10S.3C2H6/c3*1-2-4-8-7(3-1)9-5-6-10(8)11-9;3*1-2/h1-4,9-11H,5-6H2;2*1-4,9-10H,5-6H2;3*1-2H3. The van der Waals surface area contributed by atoms with E-state index in [-0.39, 0.29) is 0 Å². The molecule has 3 fully saturated rings. The van der Waals surface area contributed by atoms with Crippen LogP contribution in [0.2, 0.25) is 0 Å². The molecular formula is C36H49NOS. The highest BCUT2D eigenvalue weighted by atomic mass is 32.2. The first-order valence-corrected chi connectivity index (χ1v) is 16.6.